The van der Waals surface area contributed by atoms with Gasteiger partial charge >= 0.3 is 0 Å². The summed E-state index contributed by atoms with van der Waals surface area (Å²) in [6, 6.07) is 19.3. The van der Waals surface area contributed by atoms with Crippen LogP contribution in [0.1, 0.15) is 48.0 Å². The fourth-order valence-corrected chi connectivity index (χ4v) is 3.16. The van der Waals surface area contributed by atoms with Gasteiger partial charge in [-0.3, -0.25) is 4.79 Å². The molecule has 3 rings (SSSR count). The van der Waals surface area contributed by atoms with Crippen molar-refractivity contribution in [1.29, 1.82) is 0 Å². The number of ketones is 1. The van der Waals surface area contributed by atoms with Gasteiger partial charge in [0.25, 0.3) is 0 Å². The standard InChI is InChI=1S/C20H22O2/c21-19(16-8-3-1-4-9-16)12-7-15-20(22,18-13-14-18)17-10-5-2-6-11-17/h1-6,8-11,18,22H,7,12-15H2. The van der Waals surface area contributed by atoms with Crippen molar-refractivity contribution in [2.75, 3.05) is 0 Å². The minimum absolute atomic E-state index is 0.159. The van der Waals surface area contributed by atoms with E-state index in [1.165, 1.54) is 0 Å². The molecule has 0 heterocycles. The van der Waals surface area contributed by atoms with Gasteiger partial charge < -0.3 is 5.11 Å². The SMILES string of the molecule is O=C(CCCC(O)(c1ccccc1)C1CC1)c1ccccc1. The van der Waals surface area contributed by atoms with E-state index < -0.39 is 5.60 Å². The number of hydrogen-bond donors (Lipinski definition) is 1. The van der Waals surface area contributed by atoms with Crippen LogP contribution < -0.4 is 0 Å². The molecule has 1 unspecified atom stereocenters. The normalized spacial score (nSPS) is 17.0. The molecule has 0 aromatic heterocycles. The number of hydrogen-bond acceptors (Lipinski definition) is 2. The van der Waals surface area contributed by atoms with Gasteiger partial charge in [-0.05, 0) is 37.2 Å². The summed E-state index contributed by atoms with van der Waals surface area (Å²) in [5.41, 5.74) is 0.986. The molecule has 1 atom stereocenters. The zero-order chi connectivity index (χ0) is 15.4. The van der Waals surface area contributed by atoms with Crippen LogP contribution in [0, 0.1) is 5.92 Å². The monoisotopic (exact) mass is 294 g/mol. The van der Waals surface area contributed by atoms with E-state index in [4.69, 9.17) is 0 Å². The van der Waals surface area contributed by atoms with Gasteiger partial charge in [-0.2, -0.15) is 0 Å². The Kier molecular flexibility index (Phi) is 4.39. The Balaban J connectivity index is 1.62. The Labute approximate surface area is 131 Å². The van der Waals surface area contributed by atoms with Gasteiger partial charge in [-0.1, -0.05) is 60.7 Å². The van der Waals surface area contributed by atoms with Crippen molar-refractivity contribution in [1.82, 2.24) is 0 Å². The van der Waals surface area contributed by atoms with E-state index in [0.29, 0.717) is 18.8 Å². The average Bonchev–Trinajstić information content (AvgIpc) is 3.41. The molecule has 0 bridgehead atoms. The van der Waals surface area contributed by atoms with Crippen molar-refractivity contribution in [3.63, 3.8) is 0 Å². The summed E-state index contributed by atoms with van der Waals surface area (Å²) in [6.07, 6.45) is 4.03. The van der Waals surface area contributed by atoms with Gasteiger partial charge in [-0.25, -0.2) is 0 Å². The third-order valence-corrected chi connectivity index (χ3v) is 4.58. The summed E-state index contributed by atoms with van der Waals surface area (Å²) in [5, 5.41) is 11.1. The molecule has 0 amide bonds. The highest BCUT2D eigenvalue weighted by Crippen LogP contribution is 2.48. The lowest BCUT2D eigenvalue weighted by atomic mass is 9.83. The van der Waals surface area contributed by atoms with Crippen molar-refractivity contribution in [3.8, 4) is 0 Å². The van der Waals surface area contributed by atoms with Crippen molar-refractivity contribution in [2.24, 2.45) is 5.92 Å². The maximum absolute atomic E-state index is 12.2. The van der Waals surface area contributed by atoms with Crippen LogP contribution in [0.4, 0.5) is 0 Å². The fourth-order valence-electron chi connectivity index (χ4n) is 3.16. The van der Waals surface area contributed by atoms with Gasteiger partial charge in [0.15, 0.2) is 5.78 Å². The first kappa shape index (κ1) is 15.0. The lowest BCUT2D eigenvalue weighted by molar-refractivity contribution is 0.00206. The zero-order valence-electron chi connectivity index (χ0n) is 12.7. The molecular formula is C20H22O2. The highest BCUT2D eigenvalue weighted by Gasteiger charge is 2.44. The second-order valence-electron chi connectivity index (χ2n) is 6.21. The molecule has 114 valence electrons. The molecule has 2 heteroatoms. The molecule has 22 heavy (non-hydrogen) atoms. The van der Waals surface area contributed by atoms with Crippen LogP contribution in [0.15, 0.2) is 60.7 Å². The maximum Gasteiger partial charge on any atom is 0.162 e. The molecule has 1 N–H and O–H groups in total. The Morgan fingerprint density at radius 2 is 1.59 bits per heavy atom. The molecule has 0 aliphatic heterocycles. The predicted octanol–water partition coefficient (Wildman–Crippen LogP) is 4.34. The molecular weight excluding hydrogens is 272 g/mol. The summed E-state index contributed by atoms with van der Waals surface area (Å²) in [5.74, 6) is 0.508. The van der Waals surface area contributed by atoms with E-state index in [9.17, 15) is 9.90 Å². The predicted molar refractivity (Wildman–Crippen MR) is 87.7 cm³/mol. The van der Waals surface area contributed by atoms with Crippen molar-refractivity contribution in [3.05, 3.63) is 71.8 Å². The number of rotatable bonds is 7. The quantitative estimate of drug-likeness (QED) is 0.771. The van der Waals surface area contributed by atoms with Crippen LogP contribution >= 0.6 is 0 Å². The first-order valence-electron chi connectivity index (χ1n) is 8.06. The number of carbonyl (C=O) groups excluding carboxylic acids is 1. The van der Waals surface area contributed by atoms with Gasteiger partial charge in [0.05, 0.1) is 5.60 Å². The van der Waals surface area contributed by atoms with Crippen LogP contribution in [-0.2, 0) is 5.60 Å². The number of benzene rings is 2. The molecule has 1 aliphatic carbocycles. The van der Waals surface area contributed by atoms with E-state index in [1.54, 1.807) is 0 Å². The van der Waals surface area contributed by atoms with Gasteiger partial charge in [0, 0.05) is 12.0 Å². The van der Waals surface area contributed by atoms with Crippen molar-refractivity contribution < 1.29 is 9.90 Å². The third-order valence-electron chi connectivity index (χ3n) is 4.58. The van der Waals surface area contributed by atoms with E-state index in [-0.39, 0.29) is 5.78 Å². The number of carbonyl (C=O) groups is 1. The fraction of sp³-hybridized carbons (Fsp3) is 0.350. The lowest BCUT2D eigenvalue weighted by Crippen LogP contribution is -2.28. The Bertz CT molecular complexity index is 617. The lowest BCUT2D eigenvalue weighted by Gasteiger charge is -2.29. The molecule has 1 fully saturated rings. The topological polar surface area (TPSA) is 37.3 Å². The molecule has 2 nitrogen and oxygen atoms in total. The molecule has 0 spiro atoms. The minimum Gasteiger partial charge on any atom is -0.385 e. The second-order valence-corrected chi connectivity index (χ2v) is 6.21. The van der Waals surface area contributed by atoms with Crippen LogP contribution in [0.3, 0.4) is 0 Å². The largest absolute Gasteiger partial charge is 0.385 e. The van der Waals surface area contributed by atoms with E-state index >= 15 is 0 Å². The number of Topliss-reactive ketones (excluding diaryl/α,β-unsaturated/α-hetero) is 1. The summed E-state index contributed by atoms with van der Waals surface area (Å²) in [7, 11) is 0. The third kappa shape index (κ3) is 3.28. The summed E-state index contributed by atoms with van der Waals surface area (Å²) in [6.45, 7) is 0. The first-order valence-corrected chi connectivity index (χ1v) is 8.06. The molecule has 0 radical (unpaired) electrons. The van der Waals surface area contributed by atoms with E-state index in [0.717, 1.165) is 30.4 Å². The van der Waals surface area contributed by atoms with Crippen LogP contribution in [0.2, 0.25) is 0 Å². The minimum atomic E-state index is -0.766. The van der Waals surface area contributed by atoms with Crippen molar-refractivity contribution in [2.45, 2.75) is 37.7 Å². The molecule has 2 aromatic carbocycles. The van der Waals surface area contributed by atoms with Crippen molar-refractivity contribution >= 4 is 5.78 Å². The highest BCUT2D eigenvalue weighted by atomic mass is 16.3. The Morgan fingerprint density at radius 1 is 1.00 bits per heavy atom. The number of aliphatic hydroxyl groups is 1. The van der Waals surface area contributed by atoms with Gasteiger partial charge in [0.1, 0.15) is 0 Å². The molecule has 0 saturated heterocycles. The smallest absolute Gasteiger partial charge is 0.162 e. The first-order chi connectivity index (χ1) is 10.7. The van der Waals surface area contributed by atoms with Gasteiger partial charge in [0.2, 0.25) is 0 Å². The Hall–Kier alpha value is -1.93. The maximum atomic E-state index is 12.2. The summed E-state index contributed by atoms with van der Waals surface area (Å²) >= 11 is 0. The zero-order valence-corrected chi connectivity index (χ0v) is 12.7. The van der Waals surface area contributed by atoms with Crippen LogP contribution in [-0.4, -0.2) is 10.9 Å². The average molecular weight is 294 g/mol. The Morgan fingerprint density at radius 3 is 2.18 bits per heavy atom. The van der Waals surface area contributed by atoms with Crippen LogP contribution in [0.25, 0.3) is 0 Å². The molecule has 1 saturated carbocycles. The summed E-state index contributed by atoms with van der Waals surface area (Å²) in [4.78, 5) is 12.2. The van der Waals surface area contributed by atoms with E-state index in [2.05, 4.69) is 0 Å². The van der Waals surface area contributed by atoms with Gasteiger partial charge in [-0.15, -0.1) is 0 Å². The second kappa shape index (κ2) is 6.45. The van der Waals surface area contributed by atoms with E-state index in [1.807, 2.05) is 60.7 Å². The molecule has 1 aliphatic rings. The van der Waals surface area contributed by atoms with Crippen LogP contribution in [0.5, 0.6) is 0 Å². The highest BCUT2D eigenvalue weighted by molar-refractivity contribution is 5.95. The summed E-state index contributed by atoms with van der Waals surface area (Å²) < 4.78 is 0. The molecule has 2 aromatic rings.